The second-order valence-electron chi connectivity index (χ2n) is 32.6. The van der Waals surface area contributed by atoms with Crippen molar-refractivity contribution in [2.24, 2.45) is 23.7 Å². The van der Waals surface area contributed by atoms with Crippen LogP contribution in [0.5, 0.6) is 0 Å². The molecule has 0 aliphatic carbocycles. The Morgan fingerprint density at radius 1 is 0.448 bits per heavy atom. The Kier molecular flexibility index (Phi) is 50.0. The molecule has 0 aromatic carbocycles. The van der Waals surface area contributed by atoms with Crippen LogP contribution in [0.25, 0.3) is 0 Å². The lowest BCUT2D eigenvalue weighted by Gasteiger charge is -2.42. The van der Waals surface area contributed by atoms with Crippen molar-refractivity contribution in [2.45, 2.75) is 279 Å². The molecule has 0 radical (unpaired) electrons. The number of rotatable bonds is 2. The van der Waals surface area contributed by atoms with E-state index in [2.05, 4.69) is 177 Å². The van der Waals surface area contributed by atoms with Crippen molar-refractivity contribution in [1.82, 2.24) is 53.9 Å². The third kappa shape index (κ3) is 43.9. The van der Waals surface area contributed by atoms with Gasteiger partial charge in [0.2, 0.25) is 0 Å². The SMILES string of the molecule is C.CC(F)C1CN(C)C1.CC1CCCC(C)N1C.CC1CCCCN1C.CC1CCCCN1C.CC1CCN(C)C1.CC1CCN(C)CC1.CC1CN(C)CC(C)O1.CC1N(C)CCOC1(C)C.CN1CCC(C)(F)C1.CN1CCCC(C(F)(F)F)C1.COC1CCN(C)CC1. The number of likely N-dealkylation sites (tertiary alicyclic amines) is 9. The molecule has 0 aromatic heterocycles. The van der Waals surface area contributed by atoms with Crippen LogP contribution in [0, 0.1) is 23.7 Å². The third-order valence-electron chi connectivity index (χ3n) is 22.2. The van der Waals surface area contributed by atoms with Gasteiger partial charge in [0.25, 0.3) is 0 Å². The first kappa shape index (κ1) is 95.1. The lowest BCUT2D eigenvalue weighted by atomic mass is 9.97. The second-order valence-corrected chi connectivity index (χ2v) is 32.6. The predicted octanol–water partition coefficient (Wildman–Crippen LogP) is 14.2. The predicted molar refractivity (Wildman–Crippen MR) is 403 cm³/mol. The Labute approximate surface area is 592 Å². The molecule has 0 aromatic rings. The second kappa shape index (κ2) is 50.5. The molecule has 11 heterocycles. The van der Waals surface area contributed by atoms with E-state index in [0.717, 1.165) is 88.4 Å². The maximum atomic E-state index is 12.8. The van der Waals surface area contributed by atoms with Crippen LogP contribution < -0.4 is 0 Å². The molecular formula is C77H162F5N11O3. The highest BCUT2D eigenvalue weighted by atomic mass is 19.4. The zero-order chi connectivity index (χ0) is 72.2. The molecule has 19 heteroatoms. The summed E-state index contributed by atoms with van der Waals surface area (Å²) in [7, 11) is 25.0. The summed E-state index contributed by atoms with van der Waals surface area (Å²) in [5, 5.41) is 0. The summed E-state index contributed by atoms with van der Waals surface area (Å²) >= 11 is 0. The Morgan fingerprint density at radius 2 is 0.896 bits per heavy atom. The molecule has 0 spiro atoms. The van der Waals surface area contributed by atoms with Crippen LogP contribution in [0.3, 0.4) is 0 Å². The molecule has 11 fully saturated rings. The maximum absolute atomic E-state index is 12.8. The van der Waals surface area contributed by atoms with Gasteiger partial charge >= 0.3 is 6.18 Å². The first-order valence-electron chi connectivity index (χ1n) is 38.1. The lowest BCUT2D eigenvalue weighted by molar-refractivity contribution is -0.185. The molecule has 11 atom stereocenters. The highest BCUT2D eigenvalue weighted by molar-refractivity contribution is 4.87. The van der Waals surface area contributed by atoms with Crippen LogP contribution in [0.4, 0.5) is 22.0 Å². The highest BCUT2D eigenvalue weighted by Crippen LogP contribution is 2.33. The molecule has 0 amide bonds. The van der Waals surface area contributed by atoms with Crippen molar-refractivity contribution in [3.63, 3.8) is 0 Å². The van der Waals surface area contributed by atoms with Crippen LogP contribution in [-0.4, -0.2) is 329 Å². The summed E-state index contributed by atoms with van der Waals surface area (Å²) in [6.07, 6.45) is 17.7. The molecular weight excluding hydrogens is 1220 g/mol. The first-order chi connectivity index (χ1) is 44.2. The molecule has 96 heavy (non-hydrogen) atoms. The van der Waals surface area contributed by atoms with E-state index in [1.807, 2.05) is 19.0 Å². The largest absolute Gasteiger partial charge is 0.393 e. The van der Waals surface area contributed by atoms with Gasteiger partial charge in [-0.25, -0.2) is 8.78 Å². The van der Waals surface area contributed by atoms with E-state index in [1.54, 1.807) is 32.9 Å². The lowest BCUT2D eigenvalue weighted by Crippen LogP contribution is -2.53. The fourth-order valence-electron chi connectivity index (χ4n) is 13.9. The molecule has 11 rings (SSSR count). The Bertz CT molecular complexity index is 1750. The molecule has 11 aliphatic heterocycles. The summed E-state index contributed by atoms with van der Waals surface area (Å²) in [6.45, 7) is 46.6. The van der Waals surface area contributed by atoms with E-state index in [0.29, 0.717) is 56.1 Å². The average molecular weight is 1390 g/mol. The van der Waals surface area contributed by atoms with Crippen molar-refractivity contribution in [3.8, 4) is 0 Å². The third-order valence-corrected chi connectivity index (χ3v) is 22.2. The monoisotopic (exact) mass is 1380 g/mol. The van der Waals surface area contributed by atoms with Gasteiger partial charge in [0, 0.05) is 115 Å². The number of ether oxygens (including phenoxy) is 3. The summed E-state index contributed by atoms with van der Waals surface area (Å²) in [4.78, 5) is 25.0. The number of alkyl halides is 5. The van der Waals surface area contributed by atoms with Gasteiger partial charge in [0.15, 0.2) is 0 Å². The fourth-order valence-corrected chi connectivity index (χ4v) is 13.9. The number of morpholine rings is 2. The standard InChI is InChI=1S/C8H17NO.C8H17N.C7H12F3N.2C7H15NO.3C7H15N.2C6H12FN.C6H13N.CH4/c1-7-8(2,3)10-6-5-9(7)4;1-7-5-4-6-8(2)9(7)3;1-11-4-2-3-6(5-11)7(8,9)10;1-6-4-8(3)5-7(2)9-6;1-8-5-3-7(9-2)4-6-8;1-7-3-5-8(2)6-4-7;2*1-7-5-3-4-6-8(7)2;1-5(7)6-3-8(2)4-6;1-6(7)3-4-8(2)5-6;1-6-3-4-7(2)5-6;/h7H,5-6H2,1-4H3;7-8H,4-6H2,1-3H3;6H,2-5H2,1H3;6-7H,4-5H2,1-3H3;7H,3-6H2,1-2H3;3*7H,3-6H2,1-2H3;5-6H,3-4H2,1-2H3;3-5H2,1-2H3;6H,3-5H2,1-2H3;1H4. The van der Waals surface area contributed by atoms with E-state index in [4.69, 9.17) is 14.2 Å². The number of hydrogen-bond donors (Lipinski definition) is 0. The minimum atomic E-state index is -3.99. The zero-order valence-electron chi connectivity index (χ0n) is 66.8. The Hall–Kier alpha value is -0.910. The average Bonchev–Trinajstić information content (AvgIpc) is 1.70. The van der Waals surface area contributed by atoms with Crippen molar-refractivity contribution in [2.75, 3.05) is 203 Å². The van der Waals surface area contributed by atoms with Crippen LogP contribution in [0.2, 0.25) is 0 Å². The van der Waals surface area contributed by atoms with E-state index < -0.39 is 23.9 Å². The Morgan fingerprint density at radius 3 is 1.17 bits per heavy atom. The molecule has 14 nitrogen and oxygen atoms in total. The fraction of sp³-hybridized carbons (Fsp3) is 1.00. The van der Waals surface area contributed by atoms with E-state index in [9.17, 15) is 22.0 Å². The molecule has 11 aliphatic rings. The number of halogens is 5. The summed E-state index contributed by atoms with van der Waals surface area (Å²) < 4.78 is 77.7. The van der Waals surface area contributed by atoms with E-state index >= 15 is 0 Å². The molecule has 11 saturated heterocycles. The zero-order valence-corrected chi connectivity index (χ0v) is 66.8. The van der Waals surface area contributed by atoms with Crippen LogP contribution >= 0.6 is 0 Å². The van der Waals surface area contributed by atoms with E-state index in [1.165, 1.54) is 142 Å². The van der Waals surface area contributed by atoms with Gasteiger partial charge in [-0.05, 0) is 295 Å². The van der Waals surface area contributed by atoms with Crippen LogP contribution in [0.1, 0.15) is 207 Å². The first-order valence-corrected chi connectivity index (χ1v) is 38.1. The van der Waals surface area contributed by atoms with Crippen molar-refractivity contribution in [1.29, 1.82) is 0 Å². The summed E-state index contributed by atoms with van der Waals surface area (Å²) in [6, 6.07) is 3.83. The topological polar surface area (TPSA) is 63.3 Å². The van der Waals surface area contributed by atoms with Gasteiger partial charge in [0.1, 0.15) is 11.8 Å². The van der Waals surface area contributed by atoms with Crippen molar-refractivity contribution in [3.05, 3.63) is 0 Å². The maximum Gasteiger partial charge on any atom is 0.393 e. The number of methoxy groups -OCH3 is 1. The molecule has 578 valence electrons. The minimum absolute atomic E-state index is 0. The quantitative estimate of drug-likeness (QED) is 0.247. The van der Waals surface area contributed by atoms with Gasteiger partial charge in [-0.3, -0.25) is 4.90 Å². The smallest absolute Gasteiger partial charge is 0.381 e. The minimum Gasteiger partial charge on any atom is -0.381 e. The number of hydrogen-bond acceptors (Lipinski definition) is 14. The molecule has 0 N–H and O–H groups in total. The van der Waals surface area contributed by atoms with Crippen molar-refractivity contribution >= 4 is 0 Å². The number of likely N-dealkylation sites (N-methyl/N-ethyl adjacent to an activating group) is 2. The van der Waals surface area contributed by atoms with Crippen LogP contribution in [0.15, 0.2) is 0 Å². The van der Waals surface area contributed by atoms with Crippen molar-refractivity contribution < 1.29 is 36.2 Å². The molecule has 0 bridgehead atoms. The molecule has 11 unspecified atom stereocenters. The Balaban J connectivity index is 0.00000103. The van der Waals surface area contributed by atoms with E-state index in [-0.39, 0.29) is 19.6 Å². The molecule has 0 saturated carbocycles. The number of piperidine rings is 6. The normalized spacial score (nSPS) is 32.4. The summed E-state index contributed by atoms with van der Waals surface area (Å²) in [5.41, 5.74) is -0.873. The van der Waals surface area contributed by atoms with Crippen LogP contribution in [-0.2, 0) is 14.2 Å². The van der Waals surface area contributed by atoms with Gasteiger partial charge in [-0.1, -0.05) is 40.5 Å². The van der Waals surface area contributed by atoms with Gasteiger partial charge in [-0.2, -0.15) is 13.2 Å². The van der Waals surface area contributed by atoms with Gasteiger partial charge < -0.3 is 63.2 Å². The highest BCUT2D eigenvalue weighted by Gasteiger charge is 2.41. The van der Waals surface area contributed by atoms with Gasteiger partial charge in [-0.15, -0.1) is 0 Å². The van der Waals surface area contributed by atoms with Gasteiger partial charge in [0.05, 0.1) is 36.4 Å². The summed E-state index contributed by atoms with van der Waals surface area (Å²) in [5.74, 6) is 1.15. The number of nitrogens with zero attached hydrogens (tertiary/aromatic N) is 11.